The first kappa shape index (κ1) is 24.8. The van der Waals surface area contributed by atoms with Crippen LogP contribution in [0.25, 0.3) is 16.8 Å². The number of aliphatic hydroxyl groups is 1. The van der Waals surface area contributed by atoms with Crippen molar-refractivity contribution in [1.82, 2.24) is 19.6 Å². The van der Waals surface area contributed by atoms with Crippen LogP contribution in [0.2, 0.25) is 0 Å². The number of nitrogens with two attached hydrogens (primary N) is 1. The molecule has 0 bridgehead atoms. The normalized spacial score (nSPS) is 20.0. The lowest BCUT2D eigenvalue weighted by Gasteiger charge is -2.40. The summed E-state index contributed by atoms with van der Waals surface area (Å²) >= 11 is 0. The summed E-state index contributed by atoms with van der Waals surface area (Å²) in [6.07, 6.45) is 4.16. The largest absolute Gasteiger partial charge is 0.491 e. The van der Waals surface area contributed by atoms with Crippen LogP contribution in [0, 0.1) is 17.6 Å². The fraction of sp³-hybridized carbons (Fsp3) is 0.346. The summed E-state index contributed by atoms with van der Waals surface area (Å²) in [5.41, 5.74) is 8.15. The highest BCUT2D eigenvalue weighted by Crippen LogP contribution is 2.32. The standard InChI is InChI=1S/C26H29F2N7O2/c1-14(2)37-17-8-18(27)24(19(28)9-17)21-5-4-16-10-31-26(35(16)33-21)32-22-11-30-7-6-23(22)34-12-15(3)25(36)20(29)13-34/h4-11,14-15,20,25,36H,12-13,29H2,1-3H3,(H,31,32)/t15-,20+,25+/m0/s1. The van der Waals surface area contributed by atoms with Gasteiger partial charge in [-0.05, 0) is 32.0 Å². The molecule has 1 aliphatic rings. The Labute approximate surface area is 212 Å². The van der Waals surface area contributed by atoms with Gasteiger partial charge in [0.05, 0.1) is 52.8 Å². The number of pyridine rings is 1. The zero-order valence-electron chi connectivity index (χ0n) is 20.8. The first-order valence-electron chi connectivity index (χ1n) is 12.1. The number of nitrogens with zero attached hydrogens (tertiary/aromatic N) is 5. The number of halogens is 2. The average Bonchev–Trinajstić information content (AvgIpc) is 3.24. The van der Waals surface area contributed by atoms with Crippen LogP contribution in [0.1, 0.15) is 20.8 Å². The van der Waals surface area contributed by atoms with Crippen LogP contribution in [0.3, 0.4) is 0 Å². The van der Waals surface area contributed by atoms with Crippen LogP contribution in [0.15, 0.2) is 48.9 Å². The summed E-state index contributed by atoms with van der Waals surface area (Å²) in [6, 6.07) is 7.02. The van der Waals surface area contributed by atoms with Gasteiger partial charge in [0, 0.05) is 43.4 Å². The van der Waals surface area contributed by atoms with Gasteiger partial charge < -0.3 is 25.8 Å². The molecule has 3 atom stereocenters. The number of aliphatic hydroxyl groups excluding tert-OH is 1. The minimum absolute atomic E-state index is 0.0108. The Morgan fingerprint density at radius 1 is 1.14 bits per heavy atom. The van der Waals surface area contributed by atoms with Crippen molar-refractivity contribution in [1.29, 1.82) is 0 Å². The molecule has 0 unspecified atom stereocenters. The molecule has 194 valence electrons. The maximum absolute atomic E-state index is 14.9. The van der Waals surface area contributed by atoms with E-state index in [9.17, 15) is 13.9 Å². The fourth-order valence-electron chi connectivity index (χ4n) is 4.63. The molecule has 0 radical (unpaired) electrons. The molecule has 0 aliphatic carbocycles. The number of benzene rings is 1. The van der Waals surface area contributed by atoms with Crippen LogP contribution in [0.5, 0.6) is 5.75 Å². The van der Waals surface area contributed by atoms with Gasteiger partial charge in [-0.25, -0.2) is 13.8 Å². The molecule has 0 spiro atoms. The second-order valence-corrected chi connectivity index (χ2v) is 9.62. The number of rotatable bonds is 6. The molecule has 0 saturated carbocycles. The molecule has 37 heavy (non-hydrogen) atoms. The van der Waals surface area contributed by atoms with Gasteiger partial charge in [-0.2, -0.15) is 9.61 Å². The average molecular weight is 510 g/mol. The smallest absolute Gasteiger partial charge is 0.229 e. The summed E-state index contributed by atoms with van der Waals surface area (Å²) in [4.78, 5) is 10.7. The third-order valence-electron chi connectivity index (χ3n) is 6.37. The van der Waals surface area contributed by atoms with E-state index in [4.69, 9.17) is 10.5 Å². The van der Waals surface area contributed by atoms with E-state index in [1.807, 2.05) is 13.0 Å². The Kier molecular flexibility index (Phi) is 6.65. The number of ether oxygens (including phenoxy) is 1. The lowest BCUT2D eigenvalue weighted by atomic mass is 9.92. The molecular formula is C26H29F2N7O2. The van der Waals surface area contributed by atoms with Crippen molar-refractivity contribution in [2.75, 3.05) is 23.3 Å². The van der Waals surface area contributed by atoms with Crippen LogP contribution in [-0.4, -0.2) is 56.0 Å². The van der Waals surface area contributed by atoms with E-state index in [1.54, 1.807) is 44.6 Å². The molecule has 1 aromatic carbocycles. The van der Waals surface area contributed by atoms with Crippen molar-refractivity contribution in [3.05, 3.63) is 60.6 Å². The number of imidazole rings is 1. The van der Waals surface area contributed by atoms with E-state index in [0.29, 0.717) is 30.2 Å². The van der Waals surface area contributed by atoms with Gasteiger partial charge in [-0.1, -0.05) is 6.92 Å². The lowest BCUT2D eigenvalue weighted by Crippen LogP contribution is -2.55. The molecule has 5 rings (SSSR count). The van der Waals surface area contributed by atoms with Crippen molar-refractivity contribution in [2.45, 2.75) is 39.0 Å². The first-order chi connectivity index (χ1) is 17.7. The van der Waals surface area contributed by atoms with E-state index in [2.05, 4.69) is 25.3 Å². The third kappa shape index (κ3) is 4.92. The SMILES string of the molecule is CC(C)Oc1cc(F)c(-c2ccc3cnc(Nc4cnccc4N4C[C@@H](N)[C@H](O)[C@@H](C)C4)n3n2)c(F)c1. The van der Waals surface area contributed by atoms with Gasteiger partial charge in [0.25, 0.3) is 0 Å². The maximum atomic E-state index is 14.9. The molecule has 4 heterocycles. The van der Waals surface area contributed by atoms with Gasteiger partial charge in [0.1, 0.15) is 17.4 Å². The minimum Gasteiger partial charge on any atom is -0.491 e. The third-order valence-corrected chi connectivity index (χ3v) is 6.37. The second-order valence-electron chi connectivity index (χ2n) is 9.62. The van der Waals surface area contributed by atoms with Crippen LogP contribution in [-0.2, 0) is 0 Å². The van der Waals surface area contributed by atoms with Crippen molar-refractivity contribution in [3.63, 3.8) is 0 Å². The number of hydrogen-bond acceptors (Lipinski definition) is 8. The minimum atomic E-state index is -0.774. The molecule has 1 saturated heterocycles. The number of anilines is 3. The Morgan fingerprint density at radius 2 is 1.89 bits per heavy atom. The maximum Gasteiger partial charge on any atom is 0.229 e. The van der Waals surface area contributed by atoms with Gasteiger partial charge in [0.15, 0.2) is 0 Å². The van der Waals surface area contributed by atoms with E-state index in [0.717, 1.165) is 17.8 Å². The van der Waals surface area contributed by atoms with Gasteiger partial charge in [-0.15, -0.1) is 0 Å². The molecule has 0 amide bonds. The summed E-state index contributed by atoms with van der Waals surface area (Å²) < 4.78 is 36.8. The molecule has 4 N–H and O–H groups in total. The highest BCUT2D eigenvalue weighted by molar-refractivity contribution is 5.74. The predicted molar refractivity (Wildman–Crippen MR) is 137 cm³/mol. The molecule has 4 aromatic rings. The van der Waals surface area contributed by atoms with Crippen LogP contribution < -0.4 is 20.7 Å². The van der Waals surface area contributed by atoms with E-state index in [1.165, 1.54) is 4.52 Å². The second kappa shape index (κ2) is 9.91. The molecule has 11 heteroatoms. The van der Waals surface area contributed by atoms with E-state index < -0.39 is 17.7 Å². The molecule has 9 nitrogen and oxygen atoms in total. The number of hydrogen-bond donors (Lipinski definition) is 3. The number of aromatic nitrogens is 4. The zero-order valence-corrected chi connectivity index (χ0v) is 20.8. The van der Waals surface area contributed by atoms with Crippen molar-refractivity contribution < 1.29 is 18.6 Å². The lowest BCUT2D eigenvalue weighted by molar-refractivity contribution is 0.0785. The van der Waals surface area contributed by atoms with Gasteiger partial charge >= 0.3 is 0 Å². The van der Waals surface area contributed by atoms with Crippen LogP contribution in [0.4, 0.5) is 26.1 Å². The number of nitrogens with one attached hydrogen (secondary N) is 1. The number of piperidine rings is 1. The Balaban J connectivity index is 1.48. The van der Waals surface area contributed by atoms with Crippen molar-refractivity contribution >= 4 is 22.8 Å². The Bertz CT molecular complexity index is 1390. The van der Waals surface area contributed by atoms with E-state index in [-0.39, 0.29) is 35.1 Å². The summed E-state index contributed by atoms with van der Waals surface area (Å²) in [7, 11) is 0. The Hall–Kier alpha value is -3.83. The first-order valence-corrected chi connectivity index (χ1v) is 12.1. The predicted octanol–water partition coefficient (Wildman–Crippen LogP) is 3.74. The highest BCUT2D eigenvalue weighted by atomic mass is 19.1. The van der Waals surface area contributed by atoms with E-state index >= 15 is 0 Å². The van der Waals surface area contributed by atoms with Crippen molar-refractivity contribution in [3.8, 4) is 17.0 Å². The van der Waals surface area contributed by atoms with Gasteiger partial charge in [0.2, 0.25) is 5.95 Å². The fourth-order valence-corrected chi connectivity index (χ4v) is 4.63. The highest BCUT2D eigenvalue weighted by Gasteiger charge is 2.32. The summed E-state index contributed by atoms with van der Waals surface area (Å²) in [6.45, 7) is 6.61. The molecular weight excluding hydrogens is 480 g/mol. The number of fused-ring (bicyclic) bond motifs is 1. The molecule has 3 aromatic heterocycles. The zero-order chi connectivity index (χ0) is 26.3. The quantitative estimate of drug-likeness (QED) is 0.360. The molecule has 1 aliphatic heterocycles. The van der Waals surface area contributed by atoms with Crippen LogP contribution >= 0.6 is 0 Å². The molecule has 1 fully saturated rings. The summed E-state index contributed by atoms with van der Waals surface area (Å²) in [5.74, 6) is -1.10. The van der Waals surface area contributed by atoms with Gasteiger partial charge in [-0.3, -0.25) is 4.98 Å². The topological polar surface area (TPSA) is 114 Å². The Morgan fingerprint density at radius 3 is 2.59 bits per heavy atom. The van der Waals surface area contributed by atoms with Crippen molar-refractivity contribution in [2.24, 2.45) is 11.7 Å². The monoisotopic (exact) mass is 509 g/mol. The summed E-state index contributed by atoms with van der Waals surface area (Å²) in [5, 5.41) is 18.0.